The van der Waals surface area contributed by atoms with Crippen molar-refractivity contribution in [3.05, 3.63) is 76.9 Å². The van der Waals surface area contributed by atoms with Crippen LogP contribution in [-0.2, 0) is 0 Å². The molecule has 2 nitrogen and oxygen atoms in total. The van der Waals surface area contributed by atoms with Gasteiger partial charge in [-0.2, -0.15) is 0 Å². The quantitative estimate of drug-likeness (QED) is 0.682. The minimum Gasteiger partial charge on any atom is -0.289 e. The second-order valence-corrected chi connectivity index (χ2v) is 7.40. The lowest BCUT2D eigenvalue weighted by Crippen LogP contribution is -2.26. The highest BCUT2D eigenvalue weighted by Crippen LogP contribution is 2.40. The second-order valence-electron chi connectivity index (χ2n) is 7.40. The van der Waals surface area contributed by atoms with Crippen molar-refractivity contribution in [2.45, 2.75) is 44.9 Å². The van der Waals surface area contributed by atoms with Crippen LogP contribution in [0.2, 0.25) is 0 Å². The number of ketones is 2. The van der Waals surface area contributed by atoms with E-state index < -0.39 is 0 Å². The van der Waals surface area contributed by atoms with E-state index in [4.69, 9.17) is 0 Å². The maximum Gasteiger partial charge on any atom is 0.194 e. The normalized spacial score (nSPS) is 19.1. The molecular formula is C24H24O2. The molecule has 0 aromatic heterocycles. The van der Waals surface area contributed by atoms with E-state index in [9.17, 15) is 9.59 Å². The van der Waals surface area contributed by atoms with Gasteiger partial charge in [-0.3, -0.25) is 9.59 Å². The van der Waals surface area contributed by atoms with Crippen LogP contribution in [0.4, 0.5) is 0 Å². The molecule has 0 saturated heterocycles. The summed E-state index contributed by atoms with van der Waals surface area (Å²) in [6, 6.07) is 17.0. The molecule has 0 aliphatic heterocycles. The standard InChI is InChI=1S/C24H24O2/c25-23-19-15-9-10-16-20(19)24(26)22(18-13-7-4-8-14-18)21(23)17-11-5-2-1-3-6-12-17/h4,7-10,13-17H,1-3,5-6,11-12H2. The van der Waals surface area contributed by atoms with Crippen molar-refractivity contribution in [1.29, 1.82) is 0 Å². The average Bonchev–Trinajstić information content (AvgIpc) is 2.66. The fourth-order valence-corrected chi connectivity index (χ4v) is 4.42. The number of hydrogen-bond donors (Lipinski definition) is 0. The maximum absolute atomic E-state index is 13.4. The third-order valence-corrected chi connectivity index (χ3v) is 5.73. The van der Waals surface area contributed by atoms with Gasteiger partial charge in [-0.05, 0) is 24.3 Å². The maximum atomic E-state index is 13.4. The molecular weight excluding hydrogens is 320 g/mol. The van der Waals surface area contributed by atoms with Crippen LogP contribution in [0, 0.1) is 5.92 Å². The van der Waals surface area contributed by atoms with Crippen molar-refractivity contribution in [3.63, 3.8) is 0 Å². The number of carbonyl (C=O) groups excluding carboxylic acids is 2. The van der Waals surface area contributed by atoms with E-state index >= 15 is 0 Å². The van der Waals surface area contributed by atoms with Gasteiger partial charge in [0, 0.05) is 22.3 Å². The number of allylic oxidation sites excluding steroid dienone is 2. The second kappa shape index (κ2) is 7.41. The Kier molecular flexibility index (Phi) is 4.83. The van der Waals surface area contributed by atoms with Crippen LogP contribution in [-0.4, -0.2) is 11.6 Å². The van der Waals surface area contributed by atoms with Gasteiger partial charge in [0.25, 0.3) is 0 Å². The molecule has 0 spiro atoms. The van der Waals surface area contributed by atoms with Gasteiger partial charge in [-0.15, -0.1) is 0 Å². The predicted molar refractivity (Wildman–Crippen MR) is 104 cm³/mol. The summed E-state index contributed by atoms with van der Waals surface area (Å²) in [5.41, 5.74) is 3.40. The first-order chi connectivity index (χ1) is 12.8. The Morgan fingerprint density at radius 2 is 1.15 bits per heavy atom. The number of carbonyl (C=O) groups is 2. The summed E-state index contributed by atoms with van der Waals surface area (Å²) in [5.74, 6) is 0.253. The smallest absolute Gasteiger partial charge is 0.194 e. The monoisotopic (exact) mass is 344 g/mol. The molecule has 0 amide bonds. The van der Waals surface area contributed by atoms with Crippen LogP contribution in [0.3, 0.4) is 0 Å². The van der Waals surface area contributed by atoms with E-state index in [0.717, 1.165) is 36.8 Å². The Morgan fingerprint density at radius 3 is 1.81 bits per heavy atom. The molecule has 0 atom stereocenters. The molecule has 4 rings (SSSR count). The van der Waals surface area contributed by atoms with E-state index in [0.29, 0.717) is 16.7 Å². The summed E-state index contributed by atoms with van der Waals surface area (Å²) >= 11 is 0. The molecule has 0 N–H and O–H groups in total. The molecule has 2 aromatic rings. The molecule has 1 fully saturated rings. The summed E-state index contributed by atoms with van der Waals surface area (Å²) in [5, 5.41) is 0. The Balaban J connectivity index is 1.88. The van der Waals surface area contributed by atoms with Crippen LogP contribution in [0.1, 0.15) is 71.2 Å². The lowest BCUT2D eigenvalue weighted by molar-refractivity contribution is 0.0979. The van der Waals surface area contributed by atoms with Crippen molar-refractivity contribution < 1.29 is 9.59 Å². The van der Waals surface area contributed by atoms with E-state index in [-0.39, 0.29) is 17.5 Å². The van der Waals surface area contributed by atoms with Crippen LogP contribution < -0.4 is 0 Å². The van der Waals surface area contributed by atoms with Gasteiger partial charge in [-0.25, -0.2) is 0 Å². The largest absolute Gasteiger partial charge is 0.289 e. The Hall–Kier alpha value is -2.48. The van der Waals surface area contributed by atoms with Gasteiger partial charge >= 0.3 is 0 Å². The molecule has 0 unspecified atom stereocenters. The van der Waals surface area contributed by atoms with Gasteiger partial charge in [-0.1, -0.05) is 86.7 Å². The van der Waals surface area contributed by atoms with Crippen molar-refractivity contribution in [2.75, 3.05) is 0 Å². The lowest BCUT2D eigenvalue weighted by atomic mass is 9.73. The molecule has 1 saturated carbocycles. The number of rotatable bonds is 2. The highest BCUT2D eigenvalue weighted by atomic mass is 16.1. The molecule has 2 aliphatic carbocycles. The van der Waals surface area contributed by atoms with Crippen molar-refractivity contribution in [3.8, 4) is 0 Å². The molecule has 0 bridgehead atoms. The van der Waals surface area contributed by atoms with Gasteiger partial charge in [0.2, 0.25) is 0 Å². The SMILES string of the molecule is O=C1C(c2ccccc2)=C(C2CCCCCCC2)C(=O)c2ccccc21. The highest BCUT2D eigenvalue weighted by molar-refractivity contribution is 6.40. The molecule has 0 heterocycles. The Morgan fingerprint density at radius 1 is 0.615 bits per heavy atom. The minimum absolute atomic E-state index is 0.00320. The van der Waals surface area contributed by atoms with Crippen molar-refractivity contribution in [1.82, 2.24) is 0 Å². The van der Waals surface area contributed by atoms with Crippen LogP contribution >= 0.6 is 0 Å². The fraction of sp³-hybridized carbons (Fsp3) is 0.333. The van der Waals surface area contributed by atoms with Crippen LogP contribution in [0.15, 0.2) is 60.2 Å². The van der Waals surface area contributed by atoms with Gasteiger partial charge in [0.1, 0.15) is 0 Å². The summed E-state index contributed by atoms with van der Waals surface area (Å²) in [6.07, 6.45) is 8.03. The Bertz CT molecular complexity index is 853. The first-order valence-corrected chi connectivity index (χ1v) is 9.75. The zero-order chi connectivity index (χ0) is 17.9. The van der Waals surface area contributed by atoms with E-state index in [2.05, 4.69) is 0 Å². The molecule has 132 valence electrons. The van der Waals surface area contributed by atoms with Gasteiger partial charge in [0.05, 0.1) is 0 Å². The zero-order valence-electron chi connectivity index (χ0n) is 15.0. The minimum atomic E-state index is 0.00320. The predicted octanol–water partition coefficient (Wildman–Crippen LogP) is 5.88. The molecule has 26 heavy (non-hydrogen) atoms. The number of fused-ring (bicyclic) bond motifs is 1. The van der Waals surface area contributed by atoms with Crippen molar-refractivity contribution in [2.24, 2.45) is 5.92 Å². The topological polar surface area (TPSA) is 34.1 Å². The fourth-order valence-electron chi connectivity index (χ4n) is 4.42. The average molecular weight is 344 g/mol. The first-order valence-electron chi connectivity index (χ1n) is 9.75. The summed E-state index contributed by atoms with van der Waals surface area (Å²) in [6.45, 7) is 0. The molecule has 0 radical (unpaired) electrons. The zero-order valence-corrected chi connectivity index (χ0v) is 15.0. The van der Waals surface area contributed by atoms with Gasteiger partial charge < -0.3 is 0 Å². The number of Topliss-reactive ketones (excluding diaryl/α,β-unsaturated/α-hetero) is 2. The molecule has 2 heteroatoms. The molecule has 2 aliphatic rings. The summed E-state index contributed by atoms with van der Waals surface area (Å²) in [4.78, 5) is 26.8. The highest BCUT2D eigenvalue weighted by Gasteiger charge is 2.36. The van der Waals surface area contributed by atoms with Crippen molar-refractivity contribution >= 4 is 17.1 Å². The van der Waals surface area contributed by atoms with E-state index in [1.165, 1.54) is 19.3 Å². The van der Waals surface area contributed by atoms with Crippen LogP contribution in [0.5, 0.6) is 0 Å². The van der Waals surface area contributed by atoms with Crippen LogP contribution in [0.25, 0.3) is 5.57 Å². The summed E-state index contributed by atoms with van der Waals surface area (Å²) < 4.78 is 0. The third kappa shape index (κ3) is 3.05. The van der Waals surface area contributed by atoms with E-state index in [1.54, 1.807) is 12.1 Å². The first kappa shape index (κ1) is 17.0. The number of benzene rings is 2. The Labute approximate surface area is 154 Å². The number of hydrogen-bond acceptors (Lipinski definition) is 2. The lowest BCUT2D eigenvalue weighted by Gasteiger charge is -2.28. The van der Waals surface area contributed by atoms with Gasteiger partial charge in [0.15, 0.2) is 11.6 Å². The summed E-state index contributed by atoms with van der Waals surface area (Å²) in [7, 11) is 0. The van der Waals surface area contributed by atoms with E-state index in [1.807, 2.05) is 42.5 Å². The molecule has 2 aromatic carbocycles. The third-order valence-electron chi connectivity index (χ3n) is 5.73.